The maximum absolute atomic E-state index is 13.7. The van der Waals surface area contributed by atoms with Gasteiger partial charge in [-0.3, -0.25) is 4.79 Å². The van der Waals surface area contributed by atoms with Crippen LogP contribution in [0.15, 0.2) is 11.3 Å². The molecule has 2 nitrogen and oxygen atoms in total. The minimum Gasteiger partial charge on any atom is -0.506 e. The monoisotopic (exact) mass is 501 g/mol. The Labute approximate surface area is 174 Å². The van der Waals surface area contributed by atoms with Crippen LogP contribution in [-0.2, 0) is 4.79 Å². The molecule has 2 bridgehead atoms. The third-order valence-corrected chi connectivity index (χ3v) is 5.62. The van der Waals surface area contributed by atoms with E-state index < -0.39 is 51.9 Å². The minimum atomic E-state index is -6.56. The molecule has 2 saturated carbocycles. The molecule has 2 rings (SSSR count). The van der Waals surface area contributed by atoms with Crippen molar-refractivity contribution in [2.75, 3.05) is 0 Å². The number of Topliss-reactive ketones (excluding diaryl/α,β-unsaturated/α-hetero) is 1. The van der Waals surface area contributed by atoms with Crippen LogP contribution in [0.3, 0.4) is 0 Å². The fourth-order valence-corrected chi connectivity index (χ4v) is 3.64. The van der Waals surface area contributed by atoms with Gasteiger partial charge in [0.25, 0.3) is 0 Å². The molecular formula is C14H15EuF7O2. The molecule has 2 aliphatic rings. The number of carbonyl (C=O) groups excluding carboxylic acids is 1. The van der Waals surface area contributed by atoms with E-state index >= 15 is 0 Å². The zero-order valence-corrected chi connectivity index (χ0v) is 15.3. The number of aliphatic hydroxyl groups excluding tert-OH is 1. The van der Waals surface area contributed by atoms with Crippen molar-refractivity contribution in [3.63, 3.8) is 0 Å². The number of ketones is 1. The normalized spacial score (nSPS) is 31.9. The first-order valence-electron chi connectivity index (χ1n) is 6.84. The summed E-state index contributed by atoms with van der Waals surface area (Å²) >= 11 is 0. The minimum absolute atomic E-state index is 0. The first-order valence-corrected chi connectivity index (χ1v) is 6.84. The topological polar surface area (TPSA) is 37.3 Å². The molecule has 1 N–H and O–H groups in total. The van der Waals surface area contributed by atoms with Gasteiger partial charge in [0.1, 0.15) is 0 Å². The molecule has 2 aliphatic carbocycles. The maximum atomic E-state index is 13.7. The van der Waals surface area contributed by atoms with E-state index in [9.17, 15) is 40.6 Å². The van der Waals surface area contributed by atoms with E-state index in [1.807, 2.05) is 0 Å². The summed E-state index contributed by atoms with van der Waals surface area (Å²) in [6.45, 7) is 4.53. The van der Waals surface area contributed by atoms with Gasteiger partial charge < -0.3 is 5.11 Å². The summed E-state index contributed by atoms with van der Waals surface area (Å²) in [4.78, 5) is 12.3. The van der Waals surface area contributed by atoms with E-state index in [1.165, 1.54) is 6.92 Å². The van der Waals surface area contributed by atoms with Crippen molar-refractivity contribution in [1.29, 1.82) is 0 Å². The number of halogens is 7. The van der Waals surface area contributed by atoms with Crippen molar-refractivity contribution in [3.05, 3.63) is 11.3 Å². The largest absolute Gasteiger partial charge is 0.506 e. The van der Waals surface area contributed by atoms with E-state index in [0.717, 1.165) is 0 Å². The Morgan fingerprint density at radius 1 is 1.08 bits per heavy atom. The molecule has 2 fully saturated rings. The second kappa shape index (κ2) is 5.91. The fourth-order valence-electron chi connectivity index (χ4n) is 3.64. The van der Waals surface area contributed by atoms with Gasteiger partial charge in [0.05, 0.1) is 0 Å². The SMILES string of the molecule is CC12CCC(/C(=C(/O)C(F)(F)C(F)(F)C(F)(F)F)C1=O)C2(C)C.[Eu]. The zero-order valence-electron chi connectivity index (χ0n) is 12.9. The molecule has 2 atom stereocenters. The van der Waals surface area contributed by atoms with Crippen LogP contribution < -0.4 is 0 Å². The first-order chi connectivity index (χ1) is 10.0. The Kier molecular flexibility index (Phi) is 5.50. The van der Waals surface area contributed by atoms with E-state index in [-0.39, 0.29) is 55.8 Å². The molecule has 0 aromatic carbocycles. The summed E-state index contributed by atoms with van der Waals surface area (Å²) in [5, 5.41) is 9.54. The maximum Gasteiger partial charge on any atom is 0.460 e. The number of rotatable bonds is 2. The van der Waals surface area contributed by atoms with Crippen LogP contribution in [0.25, 0.3) is 0 Å². The van der Waals surface area contributed by atoms with Crippen LogP contribution in [0.4, 0.5) is 30.7 Å². The van der Waals surface area contributed by atoms with Crippen LogP contribution in [0.5, 0.6) is 0 Å². The van der Waals surface area contributed by atoms with E-state index in [2.05, 4.69) is 0 Å². The number of carbonyl (C=O) groups is 1. The van der Waals surface area contributed by atoms with Crippen molar-refractivity contribution in [1.82, 2.24) is 0 Å². The Bertz CT molecular complexity index is 594. The van der Waals surface area contributed by atoms with Gasteiger partial charge in [-0.05, 0) is 24.2 Å². The van der Waals surface area contributed by atoms with Gasteiger partial charge in [0, 0.05) is 60.4 Å². The molecule has 1 radical (unpaired) electrons. The van der Waals surface area contributed by atoms with E-state index in [0.29, 0.717) is 6.42 Å². The van der Waals surface area contributed by atoms with Crippen LogP contribution in [-0.4, -0.2) is 28.9 Å². The summed E-state index contributed by atoms with van der Waals surface area (Å²) in [5.41, 5.74) is -3.10. The molecule has 10 heteroatoms. The standard InChI is InChI=1S/C14H15F7O2.Eu/c1-10(2)6-4-5-11(10,3)8(22)7(6)9(23)12(15,16)13(17,18)14(19,20)21;/h6,23H,4-5H2,1-3H3;/b9-7-;. The number of allylic oxidation sites excluding steroid dienone is 2. The summed E-state index contributed by atoms with van der Waals surface area (Å²) in [6.07, 6.45) is -6.12. The summed E-state index contributed by atoms with van der Waals surface area (Å²) in [7, 11) is 0. The third kappa shape index (κ3) is 2.53. The Hall–Kier alpha value is 0.304. The Morgan fingerprint density at radius 3 is 1.88 bits per heavy atom. The molecule has 0 amide bonds. The molecule has 2 unspecified atom stereocenters. The molecule has 139 valence electrons. The van der Waals surface area contributed by atoms with Crippen LogP contribution in [0, 0.1) is 66.1 Å². The first kappa shape index (κ1) is 22.3. The van der Waals surface area contributed by atoms with Crippen LogP contribution in [0.2, 0.25) is 0 Å². The van der Waals surface area contributed by atoms with Crippen molar-refractivity contribution < 1.29 is 90.0 Å². The number of aliphatic hydroxyl groups is 1. The average Bonchev–Trinajstić information content (AvgIpc) is 2.68. The number of alkyl halides is 7. The second-order valence-corrected chi connectivity index (χ2v) is 6.88. The van der Waals surface area contributed by atoms with Crippen molar-refractivity contribution in [3.8, 4) is 0 Å². The van der Waals surface area contributed by atoms with Gasteiger partial charge >= 0.3 is 18.0 Å². The van der Waals surface area contributed by atoms with Crippen molar-refractivity contribution in [2.24, 2.45) is 16.7 Å². The zero-order chi connectivity index (χ0) is 18.2. The van der Waals surface area contributed by atoms with Crippen molar-refractivity contribution >= 4 is 5.78 Å². The Morgan fingerprint density at radius 2 is 1.54 bits per heavy atom. The van der Waals surface area contributed by atoms with E-state index in [1.54, 1.807) is 13.8 Å². The molecule has 0 aliphatic heterocycles. The summed E-state index contributed by atoms with van der Waals surface area (Å²) < 4.78 is 90.3. The quantitative estimate of drug-likeness (QED) is 0.341. The molecule has 0 spiro atoms. The van der Waals surface area contributed by atoms with E-state index in [4.69, 9.17) is 0 Å². The van der Waals surface area contributed by atoms with Crippen molar-refractivity contribution in [2.45, 2.75) is 51.6 Å². The molecule has 0 aromatic rings. The van der Waals surface area contributed by atoms with Gasteiger partial charge in [0.2, 0.25) is 0 Å². The predicted octanol–water partition coefficient (Wildman–Crippen LogP) is 4.66. The molecule has 0 aromatic heterocycles. The number of hydrogen-bond acceptors (Lipinski definition) is 2. The third-order valence-electron chi connectivity index (χ3n) is 5.62. The molecule has 0 saturated heterocycles. The Balaban J connectivity index is 0.00000288. The van der Waals surface area contributed by atoms with Gasteiger partial charge in [-0.2, -0.15) is 30.7 Å². The summed E-state index contributed by atoms with van der Waals surface area (Å²) in [6, 6.07) is 0. The number of hydrogen-bond donors (Lipinski definition) is 1. The van der Waals surface area contributed by atoms with Gasteiger partial charge in [-0.1, -0.05) is 20.8 Å². The predicted molar refractivity (Wildman–Crippen MR) is 65.2 cm³/mol. The average molecular weight is 500 g/mol. The number of fused-ring (bicyclic) bond motifs is 2. The summed E-state index contributed by atoms with van der Waals surface area (Å²) in [5.74, 6) is -16.8. The second-order valence-electron chi connectivity index (χ2n) is 6.88. The van der Waals surface area contributed by atoms with Gasteiger partial charge in [0.15, 0.2) is 11.5 Å². The molecule has 0 heterocycles. The molecular weight excluding hydrogens is 485 g/mol. The van der Waals surface area contributed by atoms with Crippen LogP contribution >= 0.6 is 0 Å². The van der Waals surface area contributed by atoms with Gasteiger partial charge in [-0.15, -0.1) is 0 Å². The smallest absolute Gasteiger partial charge is 0.460 e. The fraction of sp³-hybridized carbons (Fsp3) is 0.786. The van der Waals surface area contributed by atoms with Crippen LogP contribution in [0.1, 0.15) is 33.6 Å². The van der Waals surface area contributed by atoms with Gasteiger partial charge in [-0.25, -0.2) is 0 Å². The molecule has 24 heavy (non-hydrogen) atoms.